The lowest BCUT2D eigenvalue weighted by Crippen LogP contribution is -2.29. The summed E-state index contributed by atoms with van der Waals surface area (Å²) in [7, 11) is 0. The van der Waals surface area contributed by atoms with Gasteiger partial charge >= 0.3 is 0 Å². The van der Waals surface area contributed by atoms with Crippen molar-refractivity contribution in [2.24, 2.45) is 0 Å². The van der Waals surface area contributed by atoms with Crippen molar-refractivity contribution in [2.45, 2.75) is 25.7 Å². The fourth-order valence-electron chi connectivity index (χ4n) is 1.83. The lowest BCUT2D eigenvalue weighted by Gasteiger charge is -2.21. The van der Waals surface area contributed by atoms with Gasteiger partial charge in [-0.15, -0.1) is 0 Å². The molecule has 0 fully saturated rings. The molecule has 0 heterocycles. The van der Waals surface area contributed by atoms with Crippen LogP contribution in [0.15, 0.2) is 60.7 Å². The van der Waals surface area contributed by atoms with Crippen LogP contribution in [0, 0.1) is 0 Å². The highest BCUT2D eigenvalue weighted by Gasteiger charge is 2.23. The van der Waals surface area contributed by atoms with Crippen molar-refractivity contribution in [1.82, 2.24) is 0 Å². The van der Waals surface area contributed by atoms with E-state index in [-0.39, 0.29) is 0 Å². The van der Waals surface area contributed by atoms with Crippen molar-refractivity contribution >= 4 is 0 Å². The van der Waals surface area contributed by atoms with Gasteiger partial charge < -0.3 is 4.74 Å². The zero-order valence-corrected chi connectivity index (χ0v) is 10.5. The molecule has 0 spiro atoms. The van der Waals surface area contributed by atoms with Crippen LogP contribution in [0.1, 0.15) is 18.1 Å². The van der Waals surface area contributed by atoms with Gasteiger partial charge in [0.25, 0.3) is 0 Å². The molecule has 0 aliphatic heterocycles. The van der Waals surface area contributed by atoms with Crippen molar-refractivity contribution < 1.29 is 9.84 Å². The minimum Gasteiger partial charge on any atom is -0.342 e. The summed E-state index contributed by atoms with van der Waals surface area (Å²) in [5.41, 5.74) is 2.02. The van der Waals surface area contributed by atoms with Crippen LogP contribution in [-0.4, -0.2) is 5.79 Å². The van der Waals surface area contributed by atoms with Gasteiger partial charge in [0.15, 0.2) is 0 Å². The molecular formula is C16H17O2. The average Bonchev–Trinajstić information content (AvgIpc) is 2.38. The average molecular weight is 241 g/mol. The Balaban J connectivity index is 1.91. The molecule has 1 unspecified atom stereocenters. The van der Waals surface area contributed by atoms with Gasteiger partial charge in [-0.1, -0.05) is 60.7 Å². The molecule has 0 amide bonds. The van der Waals surface area contributed by atoms with E-state index in [2.05, 4.69) is 0 Å². The molecule has 0 aliphatic rings. The van der Waals surface area contributed by atoms with Crippen LogP contribution in [0.2, 0.25) is 0 Å². The van der Waals surface area contributed by atoms with Crippen LogP contribution >= 0.6 is 0 Å². The van der Waals surface area contributed by atoms with Gasteiger partial charge in [0, 0.05) is 6.42 Å². The molecule has 2 aromatic carbocycles. The minimum atomic E-state index is -1.39. The molecule has 1 atom stereocenters. The summed E-state index contributed by atoms with van der Waals surface area (Å²) in [6.45, 7) is 1.94. The predicted octanol–water partition coefficient (Wildman–Crippen LogP) is 3.59. The lowest BCUT2D eigenvalue weighted by atomic mass is 10.1. The van der Waals surface area contributed by atoms with Gasteiger partial charge in [-0.05, 0) is 18.1 Å². The van der Waals surface area contributed by atoms with E-state index in [0.29, 0.717) is 13.0 Å². The first-order valence-electron chi connectivity index (χ1n) is 6.08. The molecule has 2 aromatic rings. The van der Waals surface area contributed by atoms with Gasteiger partial charge in [0.2, 0.25) is 5.79 Å². The Bertz CT molecular complexity index is 463. The van der Waals surface area contributed by atoms with E-state index in [1.54, 1.807) is 6.92 Å². The van der Waals surface area contributed by atoms with Crippen molar-refractivity contribution in [3.05, 3.63) is 71.8 Å². The van der Waals surface area contributed by atoms with E-state index in [1.807, 2.05) is 60.7 Å². The molecule has 2 nitrogen and oxygen atoms in total. The summed E-state index contributed by atoms with van der Waals surface area (Å²) >= 11 is 0. The first-order valence-corrected chi connectivity index (χ1v) is 6.08. The Hall–Kier alpha value is -1.64. The van der Waals surface area contributed by atoms with E-state index < -0.39 is 5.79 Å². The first-order chi connectivity index (χ1) is 8.66. The quantitative estimate of drug-likeness (QED) is 0.735. The highest BCUT2D eigenvalue weighted by atomic mass is 16.6. The Kier molecular flexibility index (Phi) is 4.13. The van der Waals surface area contributed by atoms with Crippen LogP contribution < -0.4 is 0 Å². The van der Waals surface area contributed by atoms with Gasteiger partial charge in [-0.25, -0.2) is 0 Å². The summed E-state index contributed by atoms with van der Waals surface area (Å²) in [5, 5.41) is 12.2. The van der Waals surface area contributed by atoms with Crippen LogP contribution in [0.3, 0.4) is 0 Å². The van der Waals surface area contributed by atoms with Crippen molar-refractivity contribution in [1.29, 1.82) is 0 Å². The van der Waals surface area contributed by atoms with E-state index in [9.17, 15) is 5.11 Å². The number of rotatable bonds is 5. The molecule has 2 rings (SSSR count). The maximum atomic E-state index is 12.2. The maximum Gasteiger partial charge on any atom is 0.203 e. The second-order valence-corrected chi connectivity index (χ2v) is 4.57. The number of hydrogen-bond donors (Lipinski definition) is 0. The number of hydrogen-bond acceptors (Lipinski definition) is 1. The lowest BCUT2D eigenvalue weighted by molar-refractivity contribution is -0.233. The normalized spacial score (nSPS) is 14.1. The van der Waals surface area contributed by atoms with E-state index in [1.165, 1.54) is 0 Å². The fraction of sp³-hybridized carbons (Fsp3) is 0.250. The van der Waals surface area contributed by atoms with Gasteiger partial charge in [-0.3, -0.25) is 0 Å². The van der Waals surface area contributed by atoms with E-state index in [4.69, 9.17) is 4.74 Å². The molecule has 0 saturated heterocycles. The molecule has 93 valence electrons. The zero-order valence-electron chi connectivity index (χ0n) is 10.5. The standard InChI is InChI=1S/C16H17O2/c1-16(17,12-14-8-4-2-5-9-14)18-13-15-10-6-3-7-11-15/h2-11H,12-13H2,1H3. The zero-order chi connectivity index (χ0) is 12.8. The molecule has 0 bridgehead atoms. The third-order valence-corrected chi connectivity index (χ3v) is 2.76. The highest BCUT2D eigenvalue weighted by Crippen LogP contribution is 2.17. The molecular weight excluding hydrogens is 224 g/mol. The molecule has 0 aromatic heterocycles. The molecule has 18 heavy (non-hydrogen) atoms. The molecule has 1 radical (unpaired) electrons. The van der Waals surface area contributed by atoms with Crippen molar-refractivity contribution in [3.8, 4) is 0 Å². The number of ether oxygens (including phenoxy) is 1. The fourth-order valence-corrected chi connectivity index (χ4v) is 1.83. The van der Waals surface area contributed by atoms with Crippen LogP contribution in [0.25, 0.3) is 0 Å². The third-order valence-electron chi connectivity index (χ3n) is 2.76. The largest absolute Gasteiger partial charge is 0.342 e. The Morgan fingerprint density at radius 2 is 1.39 bits per heavy atom. The van der Waals surface area contributed by atoms with Crippen LogP contribution in [-0.2, 0) is 22.9 Å². The molecule has 0 saturated carbocycles. The summed E-state index contributed by atoms with van der Waals surface area (Å²) in [4.78, 5) is 0. The Morgan fingerprint density at radius 3 is 1.94 bits per heavy atom. The summed E-state index contributed by atoms with van der Waals surface area (Å²) in [6, 6.07) is 19.4. The van der Waals surface area contributed by atoms with Gasteiger partial charge in [-0.2, -0.15) is 5.11 Å². The first kappa shape index (κ1) is 12.8. The summed E-state index contributed by atoms with van der Waals surface area (Å²) in [6.07, 6.45) is 0.376. The topological polar surface area (TPSA) is 29.1 Å². The van der Waals surface area contributed by atoms with E-state index >= 15 is 0 Å². The number of benzene rings is 2. The predicted molar refractivity (Wildman–Crippen MR) is 70.5 cm³/mol. The molecule has 0 N–H and O–H groups in total. The Labute approximate surface area is 108 Å². The second kappa shape index (κ2) is 5.80. The molecule has 0 aliphatic carbocycles. The minimum absolute atomic E-state index is 0.355. The Morgan fingerprint density at radius 1 is 0.889 bits per heavy atom. The van der Waals surface area contributed by atoms with Gasteiger partial charge in [0.05, 0.1) is 6.61 Å². The molecule has 2 heteroatoms. The highest BCUT2D eigenvalue weighted by molar-refractivity contribution is 5.16. The monoisotopic (exact) mass is 241 g/mol. The van der Waals surface area contributed by atoms with Crippen LogP contribution in [0.4, 0.5) is 0 Å². The van der Waals surface area contributed by atoms with E-state index in [0.717, 1.165) is 11.1 Å². The van der Waals surface area contributed by atoms with Gasteiger partial charge in [0.1, 0.15) is 0 Å². The van der Waals surface area contributed by atoms with Crippen molar-refractivity contribution in [3.63, 3.8) is 0 Å². The SMILES string of the molecule is CC([O])(Cc1ccccc1)OCc1ccccc1. The maximum absolute atomic E-state index is 12.2. The second-order valence-electron chi connectivity index (χ2n) is 4.57. The summed E-state index contributed by atoms with van der Waals surface area (Å²) in [5.74, 6) is -1.39. The van der Waals surface area contributed by atoms with Crippen LogP contribution in [0.5, 0.6) is 0 Å². The smallest absolute Gasteiger partial charge is 0.203 e. The van der Waals surface area contributed by atoms with Crippen molar-refractivity contribution in [2.75, 3.05) is 0 Å². The summed E-state index contributed by atoms with van der Waals surface area (Å²) < 4.78 is 5.46. The third kappa shape index (κ3) is 3.99.